The van der Waals surface area contributed by atoms with Gasteiger partial charge in [0.25, 0.3) is 0 Å². The van der Waals surface area contributed by atoms with E-state index in [4.69, 9.17) is 0 Å². The van der Waals surface area contributed by atoms with Crippen molar-refractivity contribution in [1.29, 1.82) is 0 Å². The van der Waals surface area contributed by atoms with Crippen LogP contribution < -0.4 is 5.32 Å². The number of carbonyl (C=O) groups is 3. The van der Waals surface area contributed by atoms with Crippen molar-refractivity contribution in [2.75, 3.05) is 19.0 Å². The number of rotatable bonds is 4. The fourth-order valence-corrected chi connectivity index (χ4v) is 3.53. The normalized spacial score (nSPS) is 21.1. The maximum Gasteiger partial charge on any atom is 0.337 e. The Morgan fingerprint density at radius 1 is 1.17 bits per heavy atom. The van der Waals surface area contributed by atoms with Gasteiger partial charge in [0.1, 0.15) is 0 Å². The van der Waals surface area contributed by atoms with Gasteiger partial charge in [-0.05, 0) is 37.1 Å². The molecule has 3 rings (SSSR count). The van der Waals surface area contributed by atoms with Crippen LogP contribution in [-0.4, -0.2) is 42.4 Å². The van der Waals surface area contributed by atoms with Crippen LogP contribution in [0.25, 0.3) is 0 Å². The summed E-state index contributed by atoms with van der Waals surface area (Å²) in [5.74, 6) is -0.780. The molecule has 24 heavy (non-hydrogen) atoms. The first-order valence-corrected chi connectivity index (χ1v) is 8.37. The van der Waals surface area contributed by atoms with Crippen LogP contribution in [-0.2, 0) is 14.3 Å². The molecule has 0 unspecified atom stereocenters. The van der Waals surface area contributed by atoms with Crippen molar-refractivity contribution in [2.24, 2.45) is 5.92 Å². The van der Waals surface area contributed by atoms with Crippen LogP contribution in [0.1, 0.15) is 42.5 Å². The third-order valence-corrected chi connectivity index (χ3v) is 4.87. The Balaban J connectivity index is 1.59. The summed E-state index contributed by atoms with van der Waals surface area (Å²) in [7, 11) is 1.32. The molecule has 0 radical (unpaired) electrons. The molecule has 6 nitrogen and oxygen atoms in total. The second-order valence-corrected chi connectivity index (χ2v) is 6.44. The summed E-state index contributed by atoms with van der Waals surface area (Å²) in [5, 5.41) is 2.83. The van der Waals surface area contributed by atoms with Gasteiger partial charge in [0.15, 0.2) is 0 Å². The zero-order chi connectivity index (χ0) is 17.1. The fourth-order valence-electron chi connectivity index (χ4n) is 3.53. The second kappa shape index (κ2) is 7.03. The van der Waals surface area contributed by atoms with Crippen molar-refractivity contribution < 1.29 is 19.1 Å². The van der Waals surface area contributed by atoms with Crippen LogP contribution in [0, 0.1) is 5.92 Å². The number of nitrogens with one attached hydrogen (secondary N) is 1. The molecule has 128 valence electrons. The number of carbonyl (C=O) groups excluding carboxylic acids is 3. The Hall–Kier alpha value is -2.37. The van der Waals surface area contributed by atoms with Gasteiger partial charge in [-0.25, -0.2) is 4.79 Å². The standard InChI is InChI=1S/C18H22N2O4/c1-24-18(23)12-6-8-14(9-7-12)19-17(22)13-10-16(21)20(11-13)15-4-2-3-5-15/h6-9,13,15H,2-5,10-11H2,1H3,(H,19,22)/t13-/m1/s1. The van der Waals surface area contributed by atoms with E-state index in [1.807, 2.05) is 4.90 Å². The molecule has 1 saturated carbocycles. The average Bonchev–Trinajstić information content (AvgIpc) is 3.24. The monoisotopic (exact) mass is 330 g/mol. The predicted octanol–water partition coefficient (Wildman–Crippen LogP) is 2.20. The van der Waals surface area contributed by atoms with Gasteiger partial charge in [-0.15, -0.1) is 0 Å². The molecule has 0 bridgehead atoms. The topological polar surface area (TPSA) is 75.7 Å². The van der Waals surface area contributed by atoms with Crippen molar-refractivity contribution in [3.05, 3.63) is 29.8 Å². The highest BCUT2D eigenvalue weighted by Gasteiger charge is 2.38. The van der Waals surface area contributed by atoms with E-state index in [1.54, 1.807) is 24.3 Å². The smallest absolute Gasteiger partial charge is 0.337 e. The predicted molar refractivity (Wildman–Crippen MR) is 88.5 cm³/mol. The minimum atomic E-state index is -0.415. The minimum Gasteiger partial charge on any atom is -0.465 e. The van der Waals surface area contributed by atoms with Gasteiger partial charge in [0.2, 0.25) is 11.8 Å². The molecule has 6 heteroatoms. The Bertz CT molecular complexity index is 635. The summed E-state index contributed by atoms with van der Waals surface area (Å²) in [6.45, 7) is 0.510. The lowest BCUT2D eigenvalue weighted by atomic mass is 10.1. The first-order valence-electron chi connectivity index (χ1n) is 8.37. The molecular formula is C18H22N2O4. The zero-order valence-corrected chi connectivity index (χ0v) is 13.8. The minimum absolute atomic E-state index is 0.0862. The molecule has 1 heterocycles. The number of hydrogen-bond acceptors (Lipinski definition) is 4. The Morgan fingerprint density at radius 3 is 2.46 bits per heavy atom. The van der Waals surface area contributed by atoms with Crippen LogP contribution in [0.5, 0.6) is 0 Å². The van der Waals surface area contributed by atoms with Crippen molar-refractivity contribution in [3.8, 4) is 0 Å². The third kappa shape index (κ3) is 3.42. The van der Waals surface area contributed by atoms with Gasteiger partial charge in [-0.3, -0.25) is 9.59 Å². The highest BCUT2D eigenvalue weighted by atomic mass is 16.5. The summed E-state index contributed by atoms with van der Waals surface area (Å²) in [6, 6.07) is 6.85. The summed E-state index contributed by atoms with van der Waals surface area (Å²) in [6.07, 6.45) is 4.71. The number of benzene rings is 1. The zero-order valence-electron chi connectivity index (χ0n) is 13.8. The second-order valence-electron chi connectivity index (χ2n) is 6.44. The summed E-state index contributed by atoms with van der Waals surface area (Å²) >= 11 is 0. The summed E-state index contributed by atoms with van der Waals surface area (Å²) in [5.41, 5.74) is 1.04. The molecular weight excluding hydrogens is 308 g/mol. The first-order chi connectivity index (χ1) is 11.6. The molecule has 1 atom stereocenters. The van der Waals surface area contributed by atoms with Crippen molar-refractivity contribution in [1.82, 2.24) is 4.90 Å². The van der Waals surface area contributed by atoms with Crippen LogP contribution in [0.3, 0.4) is 0 Å². The number of ether oxygens (including phenoxy) is 1. The van der Waals surface area contributed by atoms with E-state index in [9.17, 15) is 14.4 Å². The summed E-state index contributed by atoms with van der Waals surface area (Å²) < 4.78 is 4.64. The van der Waals surface area contributed by atoms with Gasteiger partial charge >= 0.3 is 5.97 Å². The molecule has 2 fully saturated rings. The van der Waals surface area contributed by atoms with Crippen LogP contribution in [0.2, 0.25) is 0 Å². The summed E-state index contributed by atoms with van der Waals surface area (Å²) in [4.78, 5) is 37.9. The number of likely N-dealkylation sites (tertiary alicyclic amines) is 1. The Kier molecular flexibility index (Phi) is 4.83. The Labute approximate surface area is 141 Å². The Morgan fingerprint density at radius 2 is 1.83 bits per heavy atom. The molecule has 1 aliphatic heterocycles. The molecule has 1 aliphatic carbocycles. The third-order valence-electron chi connectivity index (χ3n) is 4.87. The van der Waals surface area contributed by atoms with E-state index in [1.165, 1.54) is 7.11 Å². The molecule has 1 aromatic carbocycles. The van der Waals surface area contributed by atoms with Crippen LogP contribution >= 0.6 is 0 Å². The lowest BCUT2D eigenvalue weighted by Gasteiger charge is -2.23. The number of nitrogens with zero attached hydrogens (tertiary/aromatic N) is 1. The molecule has 1 N–H and O–H groups in total. The van der Waals surface area contributed by atoms with Crippen molar-refractivity contribution >= 4 is 23.5 Å². The number of anilines is 1. The lowest BCUT2D eigenvalue weighted by Crippen LogP contribution is -2.35. The largest absolute Gasteiger partial charge is 0.465 e. The molecule has 0 aromatic heterocycles. The van der Waals surface area contributed by atoms with E-state index < -0.39 is 5.97 Å². The van der Waals surface area contributed by atoms with Gasteiger partial charge in [0, 0.05) is 24.7 Å². The number of hydrogen-bond donors (Lipinski definition) is 1. The molecule has 2 amide bonds. The average molecular weight is 330 g/mol. The van der Waals surface area contributed by atoms with Gasteiger partial charge in [-0.1, -0.05) is 12.8 Å². The van der Waals surface area contributed by atoms with Gasteiger partial charge in [0.05, 0.1) is 18.6 Å². The van der Waals surface area contributed by atoms with E-state index in [2.05, 4.69) is 10.1 Å². The lowest BCUT2D eigenvalue weighted by molar-refractivity contribution is -0.129. The molecule has 2 aliphatic rings. The highest BCUT2D eigenvalue weighted by Crippen LogP contribution is 2.30. The fraction of sp³-hybridized carbons (Fsp3) is 0.500. The quantitative estimate of drug-likeness (QED) is 0.859. The van der Waals surface area contributed by atoms with E-state index in [0.717, 1.165) is 25.7 Å². The van der Waals surface area contributed by atoms with E-state index >= 15 is 0 Å². The maximum absolute atomic E-state index is 12.4. The highest BCUT2D eigenvalue weighted by molar-refractivity contribution is 5.97. The van der Waals surface area contributed by atoms with Gasteiger partial charge in [-0.2, -0.15) is 0 Å². The SMILES string of the molecule is COC(=O)c1ccc(NC(=O)[C@@H]2CC(=O)N(C3CCCC3)C2)cc1. The first kappa shape index (κ1) is 16.5. The van der Waals surface area contributed by atoms with Crippen molar-refractivity contribution in [3.63, 3.8) is 0 Å². The number of amides is 2. The van der Waals surface area contributed by atoms with Crippen LogP contribution in [0.4, 0.5) is 5.69 Å². The van der Waals surface area contributed by atoms with Crippen molar-refractivity contribution in [2.45, 2.75) is 38.1 Å². The molecule has 0 spiro atoms. The van der Waals surface area contributed by atoms with E-state index in [0.29, 0.717) is 23.8 Å². The molecule has 1 aromatic rings. The maximum atomic E-state index is 12.4. The van der Waals surface area contributed by atoms with Gasteiger partial charge < -0.3 is 15.0 Å². The number of esters is 1. The van der Waals surface area contributed by atoms with E-state index in [-0.39, 0.29) is 24.2 Å². The van der Waals surface area contributed by atoms with Crippen LogP contribution in [0.15, 0.2) is 24.3 Å². The number of methoxy groups -OCH3 is 1. The molecule has 1 saturated heterocycles.